The van der Waals surface area contributed by atoms with Gasteiger partial charge in [0.05, 0.1) is 29.9 Å². The van der Waals surface area contributed by atoms with Gasteiger partial charge in [-0.3, -0.25) is 24.4 Å². The molecule has 4 amide bonds. The van der Waals surface area contributed by atoms with Crippen molar-refractivity contribution in [3.05, 3.63) is 42.5 Å². The quantitative estimate of drug-likeness (QED) is 0.278. The van der Waals surface area contributed by atoms with Crippen LogP contribution in [0.15, 0.2) is 36.9 Å². The Kier molecular flexibility index (Phi) is 12.9. The van der Waals surface area contributed by atoms with Gasteiger partial charge in [0.15, 0.2) is 5.78 Å². The first-order chi connectivity index (χ1) is 23.3. The highest BCUT2D eigenvalue weighted by Crippen LogP contribution is 2.37. The average molecular weight is 703 g/mol. The summed E-state index contributed by atoms with van der Waals surface area (Å²) in [6.07, 6.45) is 4.24. The number of nitrogens with one attached hydrogen (secondary N) is 3. The van der Waals surface area contributed by atoms with E-state index >= 15 is 0 Å². The molecule has 2 fully saturated rings. The van der Waals surface area contributed by atoms with E-state index in [1.165, 1.54) is 17.9 Å². The van der Waals surface area contributed by atoms with Crippen LogP contribution in [-0.4, -0.2) is 79.7 Å². The summed E-state index contributed by atoms with van der Waals surface area (Å²) in [6, 6.07) is 5.25. The fourth-order valence-corrected chi connectivity index (χ4v) is 7.67. The Morgan fingerprint density at radius 1 is 1.16 bits per heavy atom. The monoisotopic (exact) mass is 702 g/mol. The van der Waals surface area contributed by atoms with Crippen molar-refractivity contribution in [3.63, 3.8) is 0 Å². The summed E-state index contributed by atoms with van der Waals surface area (Å²) in [6.45, 7) is 8.94. The zero-order valence-corrected chi connectivity index (χ0v) is 29.5. The number of Topliss-reactive ketones (excluding diaryl/α,β-unsaturated/α-hetero) is 1. The standard InChI is InChI=1S/C35H50N4O9S/c1-5-7-15-28-31(41)39-22-26(48-34(44)36-25-14-11-13-24(19-25)12-9-8-10-18-47-33(43)37-28)20-29(39)30(40)21-35(4,23(3)6-2)32(42)38-49(45,46)27-16-17-27/h6,11,13-14,19,23,26-29H,2,5,7-10,12,15-18,20-22H2,1,3-4H3,(H,36,44)(H,37,43)(H,38,42)/t23-,26+,28-,29-,35+/m0/s1. The van der Waals surface area contributed by atoms with E-state index in [0.29, 0.717) is 31.4 Å². The Balaban J connectivity index is 1.62. The number of ketones is 1. The van der Waals surface area contributed by atoms with E-state index in [-0.39, 0.29) is 26.0 Å². The molecule has 1 saturated carbocycles. The third kappa shape index (κ3) is 10.1. The van der Waals surface area contributed by atoms with Gasteiger partial charge in [0.2, 0.25) is 21.8 Å². The summed E-state index contributed by atoms with van der Waals surface area (Å²) < 4.78 is 38.7. The molecule has 5 atom stereocenters. The summed E-state index contributed by atoms with van der Waals surface area (Å²) >= 11 is 0. The molecule has 1 saturated heterocycles. The Morgan fingerprint density at radius 3 is 2.61 bits per heavy atom. The number of anilines is 1. The Labute approximate surface area is 289 Å². The molecular weight excluding hydrogens is 652 g/mol. The van der Waals surface area contributed by atoms with Gasteiger partial charge in [-0.2, -0.15) is 0 Å². The van der Waals surface area contributed by atoms with E-state index in [0.717, 1.165) is 31.2 Å². The van der Waals surface area contributed by atoms with Crippen LogP contribution in [0.25, 0.3) is 0 Å². The van der Waals surface area contributed by atoms with Crippen LogP contribution in [0.2, 0.25) is 0 Å². The number of aryl methyl sites for hydroxylation is 1. The predicted molar refractivity (Wildman–Crippen MR) is 183 cm³/mol. The molecule has 49 heavy (non-hydrogen) atoms. The van der Waals surface area contributed by atoms with Gasteiger partial charge in [0.1, 0.15) is 12.1 Å². The first-order valence-corrected chi connectivity index (χ1v) is 18.8. The van der Waals surface area contributed by atoms with Gasteiger partial charge in [0.25, 0.3) is 0 Å². The number of carbonyl (C=O) groups excluding carboxylic acids is 5. The molecule has 1 aliphatic carbocycles. The molecule has 4 rings (SSSR count). The number of ether oxygens (including phenoxy) is 2. The van der Waals surface area contributed by atoms with Crippen LogP contribution in [-0.2, 0) is 40.3 Å². The lowest BCUT2D eigenvalue weighted by atomic mass is 9.72. The molecule has 0 unspecified atom stereocenters. The van der Waals surface area contributed by atoms with Crippen molar-refractivity contribution >= 4 is 45.5 Å². The van der Waals surface area contributed by atoms with E-state index in [1.54, 1.807) is 13.0 Å². The van der Waals surface area contributed by atoms with Crippen LogP contribution in [0.1, 0.15) is 90.5 Å². The van der Waals surface area contributed by atoms with Crippen LogP contribution >= 0.6 is 0 Å². The normalized spacial score (nSPS) is 24.3. The second-order valence-electron chi connectivity index (χ2n) is 13.6. The number of sulfonamides is 1. The summed E-state index contributed by atoms with van der Waals surface area (Å²) in [5.74, 6) is -2.50. The van der Waals surface area contributed by atoms with E-state index in [4.69, 9.17) is 9.47 Å². The maximum Gasteiger partial charge on any atom is 0.411 e. The van der Waals surface area contributed by atoms with Gasteiger partial charge >= 0.3 is 12.2 Å². The van der Waals surface area contributed by atoms with Crippen molar-refractivity contribution < 1.29 is 41.9 Å². The summed E-state index contributed by atoms with van der Waals surface area (Å²) in [7, 11) is -3.90. The Morgan fingerprint density at radius 2 is 1.92 bits per heavy atom. The lowest BCUT2D eigenvalue weighted by molar-refractivity contribution is -0.142. The van der Waals surface area contributed by atoms with Crippen molar-refractivity contribution in [1.82, 2.24) is 14.9 Å². The third-order valence-electron chi connectivity index (χ3n) is 9.76. The van der Waals surface area contributed by atoms with Crippen molar-refractivity contribution in [1.29, 1.82) is 0 Å². The zero-order valence-electron chi connectivity index (χ0n) is 28.7. The zero-order chi connectivity index (χ0) is 35.8. The molecule has 13 nitrogen and oxygen atoms in total. The molecule has 0 aromatic heterocycles. The molecule has 4 bridgehead atoms. The topological polar surface area (TPSA) is 177 Å². The van der Waals surface area contributed by atoms with E-state index < -0.39 is 81.0 Å². The molecule has 3 aliphatic rings. The highest BCUT2D eigenvalue weighted by atomic mass is 32.2. The highest BCUT2D eigenvalue weighted by Gasteiger charge is 2.49. The average Bonchev–Trinajstić information content (AvgIpc) is 3.84. The van der Waals surface area contributed by atoms with E-state index in [1.807, 2.05) is 25.1 Å². The number of hydrogen-bond acceptors (Lipinski definition) is 9. The first-order valence-electron chi connectivity index (χ1n) is 17.3. The minimum Gasteiger partial charge on any atom is -0.450 e. The molecule has 1 aromatic rings. The SMILES string of the molecule is C=C[C@H](C)[C@@](C)(CC(=O)[C@@H]1C[C@@H]2CN1C(=O)[C@H](CCCC)NC(=O)OCCCCCc1cccc(c1)NC(=O)O2)C(=O)NS(=O)(=O)C1CC1. The summed E-state index contributed by atoms with van der Waals surface area (Å²) in [5, 5.41) is 4.77. The number of rotatable bonds is 11. The number of cyclic esters (lactones) is 1. The van der Waals surface area contributed by atoms with Gasteiger partial charge in [-0.05, 0) is 75.5 Å². The van der Waals surface area contributed by atoms with Gasteiger partial charge in [0, 0.05) is 18.5 Å². The highest BCUT2D eigenvalue weighted by molar-refractivity contribution is 7.90. The molecule has 14 heteroatoms. The molecule has 270 valence electrons. The number of hydrogen-bond donors (Lipinski definition) is 3. The van der Waals surface area contributed by atoms with Crippen molar-refractivity contribution in [2.75, 3.05) is 18.5 Å². The summed E-state index contributed by atoms with van der Waals surface area (Å²) in [4.78, 5) is 69.0. The Bertz CT molecular complexity index is 1510. The fraction of sp³-hybridized carbons (Fsp3) is 0.629. The first kappa shape index (κ1) is 37.9. The molecule has 3 N–H and O–H groups in total. The molecule has 2 aliphatic heterocycles. The third-order valence-corrected chi connectivity index (χ3v) is 11.6. The van der Waals surface area contributed by atoms with Crippen molar-refractivity contribution in [2.24, 2.45) is 11.3 Å². The molecular formula is C35H50N4O9S. The second kappa shape index (κ2) is 16.6. The number of carbonyl (C=O) groups is 5. The maximum absolute atomic E-state index is 14.2. The Hall–Kier alpha value is -3.94. The van der Waals surface area contributed by atoms with Crippen LogP contribution in [0.5, 0.6) is 0 Å². The number of nitrogens with zero attached hydrogens (tertiary/aromatic N) is 1. The smallest absolute Gasteiger partial charge is 0.411 e. The lowest BCUT2D eigenvalue weighted by Crippen LogP contribution is -2.53. The van der Waals surface area contributed by atoms with Crippen LogP contribution in [0.4, 0.5) is 15.3 Å². The van der Waals surface area contributed by atoms with Crippen molar-refractivity contribution in [2.45, 2.75) is 115 Å². The van der Waals surface area contributed by atoms with Crippen molar-refractivity contribution in [3.8, 4) is 0 Å². The largest absolute Gasteiger partial charge is 0.450 e. The number of unbranched alkanes of at least 4 members (excludes halogenated alkanes) is 1. The van der Waals surface area contributed by atoms with Gasteiger partial charge < -0.3 is 19.7 Å². The maximum atomic E-state index is 14.2. The number of alkyl carbamates (subject to hydrolysis) is 1. The number of fused-ring (bicyclic) bond motifs is 4. The molecule has 0 radical (unpaired) electrons. The lowest BCUT2D eigenvalue weighted by Gasteiger charge is -2.34. The van der Waals surface area contributed by atoms with Gasteiger partial charge in [-0.15, -0.1) is 6.58 Å². The predicted octanol–water partition coefficient (Wildman–Crippen LogP) is 4.61. The summed E-state index contributed by atoms with van der Waals surface area (Å²) in [5.41, 5.74) is 0.0335. The van der Waals surface area contributed by atoms with E-state index in [9.17, 15) is 32.4 Å². The van der Waals surface area contributed by atoms with E-state index in [2.05, 4.69) is 21.9 Å². The number of benzene rings is 1. The number of allylic oxidation sites excluding steroid dienone is 1. The van der Waals surface area contributed by atoms with Crippen LogP contribution in [0.3, 0.4) is 0 Å². The van der Waals surface area contributed by atoms with Crippen LogP contribution in [0, 0.1) is 11.3 Å². The molecule has 0 spiro atoms. The second-order valence-corrected chi connectivity index (χ2v) is 15.6. The van der Waals surface area contributed by atoms with Gasteiger partial charge in [-0.1, -0.05) is 44.9 Å². The minimum atomic E-state index is -3.90. The van der Waals surface area contributed by atoms with Crippen LogP contribution < -0.4 is 15.4 Å². The number of amides is 4. The molecule has 1 aromatic carbocycles. The van der Waals surface area contributed by atoms with Gasteiger partial charge in [-0.25, -0.2) is 18.0 Å². The fourth-order valence-electron chi connectivity index (χ4n) is 6.25. The molecule has 2 heterocycles. The minimum absolute atomic E-state index is 0.0521.